The number of benzene rings is 1. The van der Waals surface area contributed by atoms with Crippen LogP contribution in [0.4, 0.5) is 0 Å². The van der Waals surface area contributed by atoms with Gasteiger partial charge in [0, 0.05) is 11.6 Å². The summed E-state index contributed by atoms with van der Waals surface area (Å²) in [6.45, 7) is 4.27. The first-order chi connectivity index (χ1) is 9.81. The fourth-order valence-electron chi connectivity index (χ4n) is 2.40. The minimum atomic E-state index is 0.482. The van der Waals surface area contributed by atoms with E-state index in [0.717, 1.165) is 31.0 Å². The van der Waals surface area contributed by atoms with Gasteiger partial charge in [-0.25, -0.2) is 0 Å². The van der Waals surface area contributed by atoms with E-state index in [4.69, 9.17) is 11.6 Å². The van der Waals surface area contributed by atoms with Gasteiger partial charge in [0.05, 0.1) is 0 Å². The molecule has 0 amide bonds. The van der Waals surface area contributed by atoms with Gasteiger partial charge >= 0.3 is 0 Å². The highest BCUT2D eigenvalue weighted by Crippen LogP contribution is 2.28. The van der Waals surface area contributed by atoms with Crippen LogP contribution in [0.2, 0.25) is 5.02 Å². The third-order valence-electron chi connectivity index (χ3n) is 3.52. The molecule has 0 saturated heterocycles. The largest absolute Gasteiger partial charge is 0.316 e. The van der Waals surface area contributed by atoms with E-state index in [9.17, 15) is 0 Å². The number of aryl methyl sites for hydroxylation is 1. The molecule has 1 nitrogen and oxygen atoms in total. The number of thiophene rings is 1. The van der Waals surface area contributed by atoms with Crippen molar-refractivity contribution in [3.63, 3.8) is 0 Å². The number of hydrogen-bond donors (Lipinski definition) is 1. The maximum absolute atomic E-state index is 6.37. The van der Waals surface area contributed by atoms with Crippen molar-refractivity contribution >= 4 is 22.9 Å². The zero-order chi connectivity index (χ0) is 14.2. The molecule has 1 atom stereocenters. The molecule has 0 aliphatic carbocycles. The Hall–Kier alpha value is -0.830. The van der Waals surface area contributed by atoms with Gasteiger partial charge in [0.1, 0.15) is 0 Å². The minimum Gasteiger partial charge on any atom is -0.316 e. The fraction of sp³-hybridized carbons (Fsp3) is 0.412. The van der Waals surface area contributed by atoms with Gasteiger partial charge in [0.25, 0.3) is 0 Å². The van der Waals surface area contributed by atoms with Crippen LogP contribution in [0.3, 0.4) is 0 Å². The van der Waals surface area contributed by atoms with Crippen LogP contribution < -0.4 is 5.32 Å². The van der Waals surface area contributed by atoms with Crippen LogP contribution in [0, 0.1) is 0 Å². The van der Waals surface area contributed by atoms with Crippen LogP contribution in [0.15, 0.2) is 41.1 Å². The molecular weight excluding hydrogens is 286 g/mol. The second-order valence-electron chi connectivity index (χ2n) is 5.09. The van der Waals surface area contributed by atoms with Crippen LogP contribution in [-0.4, -0.2) is 13.1 Å². The minimum absolute atomic E-state index is 0.482. The van der Waals surface area contributed by atoms with Crippen molar-refractivity contribution < 1.29 is 0 Å². The molecule has 1 aromatic heterocycles. The monoisotopic (exact) mass is 307 g/mol. The third-order valence-corrected chi connectivity index (χ3v) is 4.60. The average Bonchev–Trinajstić information content (AvgIpc) is 2.97. The molecule has 1 heterocycles. The Bertz CT molecular complexity index is 495. The maximum atomic E-state index is 6.37. The smallest absolute Gasteiger partial charge is 0.0441 e. The first kappa shape index (κ1) is 15.6. The van der Waals surface area contributed by atoms with Gasteiger partial charge in [-0.1, -0.05) is 36.7 Å². The Morgan fingerprint density at radius 1 is 1.25 bits per heavy atom. The lowest BCUT2D eigenvalue weighted by atomic mass is 9.92. The quantitative estimate of drug-likeness (QED) is 0.668. The molecule has 1 unspecified atom stereocenters. The molecule has 2 rings (SSSR count). The number of rotatable bonds is 8. The van der Waals surface area contributed by atoms with Gasteiger partial charge in [-0.3, -0.25) is 0 Å². The van der Waals surface area contributed by atoms with E-state index < -0.39 is 0 Å². The van der Waals surface area contributed by atoms with Gasteiger partial charge in [0.2, 0.25) is 0 Å². The molecule has 1 N–H and O–H groups in total. The molecule has 20 heavy (non-hydrogen) atoms. The SMILES string of the molecule is CCCNCC(CCc1ccsc1)c1ccccc1Cl. The van der Waals surface area contributed by atoms with Crippen LogP contribution >= 0.6 is 22.9 Å². The lowest BCUT2D eigenvalue weighted by molar-refractivity contribution is 0.549. The van der Waals surface area contributed by atoms with E-state index in [-0.39, 0.29) is 0 Å². The Morgan fingerprint density at radius 3 is 2.80 bits per heavy atom. The Morgan fingerprint density at radius 2 is 2.10 bits per heavy atom. The first-order valence-electron chi connectivity index (χ1n) is 7.27. The van der Waals surface area contributed by atoms with Crippen LogP contribution in [0.5, 0.6) is 0 Å². The zero-order valence-corrected chi connectivity index (χ0v) is 13.5. The van der Waals surface area contributed by atoms with E-state index in [2.05, 4.69) is 41.2 Å². The lowest BCUT2D eigenvalue weighted by Crippen LogP contribution is -2.23. The van der Waals surface area contributed by atoms with Crippen molar-refractivity contribution in [2.24, 2.45) is 0 Å². The molecule has 3 heteroatoms. The van der Waals surface area contributed by atoms with Crippen molar-refractivity contribution in [3.8, 4) is 0 Å². The van der Waals surface area contributed by atoms with E-state index in [0.29, 0.717) is 5.92 Å². The highest BCUT2D eigenvalue weighted by molar-refractivity contribution is 7.07. The second-order valence-corrected chi connectivity index (χ2v) is 6.28. The molecule has 0 fully saturated rings. The van der Waals surface area contributed by atoms with Gasteiger partial charge in [-0.05, 0) is 65.7 Å². The van der Waals surface area contributed by atoms with Crippen molar-refractivity contribution in [2.75, 3.05) is 13.1 Å². The number of hydrogen-bond acceptors (Lipinski definition) is 2. The van der Waals surface area contributed by atoms with E-state index in [1.807, 2.05) is 12.1 Å². The summed E-state index contributed by atoms with van der Waals surface area (Å²) >= 11 is 8.14. The van der Waals surface area contributed by atoms with Gasteiger partial charge < -0.3 is 5.32 Å². The van der Waals surface area contributed by atoms with Crippen molar-refractivity contribution in [1.82, 2.24) is 5.32 Å². The molecule has 2 aromatic rings. The number of nitrogens with one attached hydrogen (secondary N) is 1. The summed E-state index contributed by atoms with van der Waals surface area (Å²) in [5.41, 5.74) is 2.70. The highest BCUT2D eigenvalue weighted by atomic mass is 35.5. The average molecular weight is 308 g/mol. The topological polar surface area (TPSA) is 12.0 Å². The lowest BCUT2D eigenvalue weighted by Gasteiger charge is -2.19. The normalized spacial score (nSPS) is 12.5. The van der Waals surface area contributed by atoms with Gasteiger partial charge in [-0.15, -0.1) is 0 Å². The van der Waals surface area contributed by atoms with E-state index in [1.165, 1.54) is 17.5 Å². The summed E-state index contributed by atoms with van der Waals surface area (Å²) in [5, 5.41) is 8.81. The zero-order valence-electron chi connectivity index (χ0n) is 11.9. The summed E-state index contributed by atoms with van der Waals surface area (Å²) in [4.78, 5) is 0. The summed E-state index contributed by atoms with van der Waals surface area (Å²) in [6.07, 6.45) is 3.42. The summed E-state index contributed by atoms with van der Waals surface area (Å²) in [7, 11) is 0. The summed E-state index contributed by atoms with van der Waals surface area (Å²) in [5.74, 6) is 0.482. The van der Waals surface area contributed by atoms with Crippen molar-refractivity contribution in [2.45, 2.75) is 32.1 Å². The Labute approximate surface area is 131 Å². The van der Waals surface area contributed by atoms with Crippen LogP contribution in [0.1, 0.15) is 36.8 Å². The Balaban J connectivity index is 2.02. The van der Waals surface area contributed by atoms with E-state index in [1.54, 1.807) is 11.3 Å². The van der Waals surface area contributed by atoms with Crippen LogP contribution in [0.25, 0.3) is 0 Å². The molecule has 0 spiro atoms. The molecule has 108 valence electrons. The summed E-state index contributed by atoms with van der Waals surface area (Å²) in [6, 6.07) is 10.5. The molecule has 0 radical (unpaired) electrons. The van der Waals surface area contributed by atoms with Gasteiger partial charge in [0.15, 0.2) is 0 Å². The first-order valence-corrected chi connectivity index (χ1v) is 8.59. The number of halogens is 1. The van der Waals surface area contributed by atoms with Crippen molar-refractivity contribution in [1.29, 1.82) is 0 Å². The predicted octanol–water partition coefficient (Wildman–Crippen LogP) is 5.12. The molecule has 0 aliphatic heterocycles. The summed E-state index contributed by atoms with van der Waals surface area (Å²) < 4.78 is 0. The highest BCUT2D eigenvalue weighted by Gasteiger charge is 2.14. The van der Waals surface area contributed by atoms with Crippen LogP contribution in [-0.2, 0) is 6.42 Å². The third kappa shape index (κ3) is 4.62. The molecule has 0 bridgehead atoms. The molecule has 0 aliphatic rings. The molecule has 1 aromatic carbocycles. The van der Waals surface area contributed by atoms with Gasteiger partial charge in [-0.2, -0.15) is 11.3 Å². The molecule has 0 saturated carbocycles. The van der Waals surface area contributed by atoms with E-state index >= 15 is 0 Å². The maximum Gasteiger partial charge on any atom is 0.0441 e. The Kier molecular flexibility index (Phi) is 6.58. The molecular formula is C17H22ClNS. The van der Waals surface area contributed by atoms with Crippen molar-refractivity contribution in [3.05, 3.63) is 57.2 Å². The standard InChI is InChI=1S/C17H22ClNS/c1-2-10-19-12-15(8-7-14-9-11-20-13-14)16-5-3-4-6-17(16)18/h3-6,9,11,13,15,19H,2,7-8,10,12H2,1H3. The second kappa shape index (κ2) is 8.46. The predicted molar refractivity (Wildman–Crippen MR) is 90.0 cm³/mol. The fourth-order valence-corrected chi connectivity index (χ4v) is 3.40.